The Morgan fingerprint density at radius 2 is 0.465 bits per heavy atom. The number of ether oxygens (including phenoxy) is 3. The monoisotopic (exact) mass is 1000 g/mol. The van der Waals surface area contributed by atoms with Crippen LogP contribution in [0.15, 0.2) is 12.2 Å². The van der Waals surface area contributed by atoms with Crippen molar-refractivity contribution in [1.29, 1.82) is 0 Å². The molecule has 0 saturated carbocycles. The van der Waals surface area contributed by atoms with E-state index in [0.29, 0.717) is 19.3 Å². The number of hydrogen-bond acceptors (Lipinski definition) is 6. The van der Waals surface area contributed by atoms with E-state index in [1.165, 1.54) is 270 Å². The summed E-state index contributed by atoms with van der Waals surface area (Å²) in [5, 5.41) is 0. The molecule has 71 heavy (non-hydrogen) atoms. The average molecular weight is 1000 g/mol. The van der Waals surface area contributed by atoms with Crippen molar-refractivity contribution in [3.63, 3.8) is 0 Å². The molecule has 1 atom stereocenters. The summed E-state index contributed by atoms with van der Waals surface area (Å²) in [4.78, 5) is 38.2. The van der Waals surface area contributed by atoms with E-state index in [-0.39, 0.29) is 31.1 Å². The second kappa shape index (κ2) is 60.7. The maximum atomic E-state index is 12.9. The summed E-state index contributed by atoms with van der Waals surface area (Å²) in [5.74, 6) is -0.838. The van der Waals surface area contributed by atoms with Gasteiger partial charge in [-0.3, -0.25) is 14.4 Å². The van der Waals surface area contributed by atoms with Crippen LogP contribution in [0, 0.1) is 0 Å². The average Bonchev–Trinajstić information content (AvgIpc) is 3.37. The molecule has 0 rings (SSSR count). The molecule has 420 valence electrons. The van der Waals surface area contributed by atoms with Crippen LogP contribution in [0.1, 0.15) is 367 Å². The molecule has 0 amide bonds. The Kier molecular flexibility index (Phi) is 59.1. The van der Waals surface area contributed by atoms with Crippen molar-refractivity contribution in [3.8, 4) is 0 Å². The zero-order chi connectivity index (χ0) is 51.4. The number of carbonyl (C=O) groups is 3. The van der Waals surface area contributed by atoms with Gasteiger partial charge in [-0.05, 0) is 44.9 Å². The molecule has 0 aliphatic heterocycles. The topological polar surface area (TPSA) is 78.9 Å². The van der Waals surface area contributed by atoms with Gasteiger partial charge in [-0.2, -0.15) is 0 Å². The van der Waals surface area contributed by atoms with Gasteiger partial charge in [-0.1, -0.05) is 315 Å². The van der Waals surface area contributed by atoms with Gasteiger partial charge < -0.3 is 14.2 Å². The Labute approximate surface area is 443 Å². The molecular formula is C65H124O6. The quantitative estimate of drug-likeness (QED) is 0.0261. The van der Waals surface area contributed by atoms with Crippen LogP contribution in [0.4, 0.5) is 0 Å². The predicted octanol–water partition coefficient (Wildman–Crippen LogP) is 21.7. The number of allylic oxidation sites excluding steroid dienone is 2. The molecule has 0 aromatic carbocycles. The number of carbonyl (C=O) groups excluding carboxylic acids is 3. The summed E-state index contributed by atoms with van der Waals surface area (Å²) < 4.78 is 16.9. The van der Waals surface area contributed by atoms with Gasteiger partial charge >= 0.3 is 17.9 Å². The van der Waals surface area contributed by atoms with E-state index in [2.05, 4.69) is 32.9 Å². The molecule has 0 heterocycles. The van der Waals surface area contributed by atoms with Gasteiger partial charge in [0.25, 0.3) is 0 Å². The number of unbranched alkanes of at least 4 members (excludes halogenated alkanes) is 47. The lowest BCUT2D eigenvalue weighted by Crippen LogP contribution is -2.30. The van der Waals surface area contributed by atoms with Gasteiger partial charge in [0.05, 0.1) is 0 Å². The van der Waals surface area contributed by atoms with E-state index >= 15 is 0 Å². The molecule has 0 fully saturated rings. The van der Waals surface area contributed by atoms with Gasteiger partial charge in [-0.15, -0.1) is 0 Å². The second-order valence-corrected chi connectivity index (χ2v) is 22.0. The Bertz CT molecular complexity index is 1100. The van der Waals surface area contributed by atoms with Gasteiger partial charge in [-0.25, -0.2) is 0 Å². The minimum Gasteiger partial charge on any atom is -0.462 e. The van der Waals surface area contributed by atoms with Gasteiger partial charge in [0, 0.05) is 19.3 Å². The maximum Gasteiger partial charge on any atom is 0.306 e. The first kappa shape index (κ1) is 69.2. The second-order valence-electron chi connectivity index (χ2n) is 22.0. The zero-order valence-corrected chi connectivity index (χ0v) is 48.3. The fourth-order valence-corrected chi connectivity index (χ4v) is 9.91. The lowest BCUT2D eigenvalue weighted by molar-refractivity contribution is -0.167. The molecule has 0 bridgehead atoms. The largest absolute Gasteiger partial charge is 0.462 e. The van der Waals surface area contributed by atoms with Crippen molar-refractivity contribution in [2.24, 2.45) is 0 Å². The molecule has 0 saturated heterocycles. The van der Waals surface area contributed by atoms with Crippen LogP contribution in [0.5, 0.6) is 0 Å². The minimum absolute atomic E-state index is 0.0636. The highest BCUT2D eigenvalue weighted by Gasteiger charge is 2.19. The van der Waals surface area contributed by atoms with Crippen LogP contribution >= 0.6 is 0 Å². The standard InChI is InChI=1S/C65H124O6/c1-4-7-10-13-16-19-21-23-25-27-29-30-31-32-33-34-36-37-39-41-43-46-49-52-55-58-64(67)70-61-62(60-69-63(66)57-54-51-48-45-18-15-12-9-6-3)71-65(68)59-56-53-50-47-44-42-40-38-35-28-26-24-22-20-17-14-11-8-5-2/h27,29,62H,4-26,28,30-61H2,1-3H3/b29-27-. The smallest absolute Gasteiger partial charge is 0.306 e. The summed E-state index contributed by atoms with van der Waals surface area (Å²) in [7, 11) is 0. The van der Waals surface area contributed by atoms with Crippen LogP contribution in [0.3, 0.4) is 0 Å². The molecule has 0 aromatic heterocycles. The molecule has 0 radical (unpaired) electrons. The molecular weight excluding hydrogens is 877 g/mol. The number of hydrogen-bond donors (Lipinski definition) is 0. The fourth-order valence-electron chi connectivity index (χ4n) is 9.91. The first-order chi connectivity index (χ1) is 35.0. The van der Waals surface area contributed by atoms with Gasteiger partial charge in [0.1, 0.15) is 13.2 Å². The summed E-state index contributed by atoms with van der Waals surface area (Å²) in [6, 6.07) is 0. The van der Waals surface area contributed by atoms with E-state index in [9.17, 15) is 14.4 Å². The lowest BCUT2D eigenvalue weighted by Gasteiger charge is -2.18. The van der Waals surface area contributed by atoms with Gasteiger partial charge in [0.15, 0.2) is 6.10 Å². The Morgan fingerprint density at radius 1 is 0.268 bits per heavy atom. The van der Waals surface area contributed by atoms with E-state index in [1.54, 1.807) is 0 Å². The van der Waals surface area contributed by atoms with E-state index in [1.807, 2.05) is 0 Å². The van der Waals surface area contributed by atoms with E-state index in [4.69, 9.17) is 14.2 Å². The van der Waals surface area contributed by atoms with Crippen molar-refractivity contribution >= 4 is 17.9 Å². The molecule has 6 heteroatoms. The van der Waals surface area contributed by atoms with Crippen LogP contribution in [0.25, 0.3) is 0 Å². The summed E-state index contributed by atoms with van der Waals surface area (Å²) in [6.07, 6.45) is 70.9. The third kappa shape index (κ3) is 58.9. The zero-order valence-electron chi connectivity index (χ0n) is 48.3. The summed E-state index contributed by atoms with van der Waals surface area (Å²) >= 11 is 0. The highest BCUT2D eigenvalue weighted by Crippen LogP contribution is 2.18. The van der Waals surface area contributed by atoms with Crippen molar-refractivity contribution in [3.05, 3.63) is 12.2 Å². The molecule has 1 unspecified atom stereocenters. The summed E-state index contributed by atoms with van der Waals surface area (Å²) in [6.45, 7) is 6.69. The third-order valence-electron chi connectivity index (χ3n) is 14.8. The van der Waals surface area contributed by atoms with Crippen molar-refractivity contribution in [1.82, 2.24) is 0 Å². The molecule has 0 spiro atoms. The lowest BCUT2D eigenvalue weighted by atomic mass is 10.0. The van der Waals surface area contributed by atoms with E-state index < -0.39 is 6.10 Å². The fraction of sp³-hybridized carbons (Fsp3) is 0.923. The molecule has 0 aliphatic rings. The highest BCUT2D eigenvalue weighted by atomic mass is 16.6. The Balaban J connectivity index is 4.13. The molecule has 6 nitrogen and oxygen atoms in total. The van der Waals surface area contributed by atoms with Gasteiger partial charge in [0.2, 0.25) is 0 Å². The van der Waals surface area contributed by atoms with Crippen molar-refractivity contribution in [2.45, 2.75) is 374 Å². The molecule has 0 aromatic rings. The summed E-state index contributed by atoms with van der Waals surface area (Å²) in [5.41, 5.74) is 0. The van der Waals surface area contributed by atoms with Crippen LogP contribution in [-0.2, 0) is 28.6 Å². The minimum atomic E-state index is -0.764. The predicted molar refractivity (Wildman–Crippen MR) is 307 cm³/mol. The highest BCUT2D eigenvalue weighted by molar-refractivity contribution is 5.71. The molecule has 0 aliphatic carbocycles. The van der Waals surface area contributed by atoms with Crippen molar-refractivity contribution < 1.29 is 28.6 Å². The van der Waals surface area contributed by atoms with Crippen LogP contribution < -0.4 is 0 Å². The number of esters is 3. The Hall–Kier alpha value is -1.85. The SMILES string of the molecule is CCCCCCCCCC/C=C\CCCCCCCCCCCCCCCC(=O)OCC(COC(=O)CCCCCCCCCCC)OC(=O)CCCCCCCCCCCCCCCCCCCCC. The normalized spacial score (nSPS) is 12.0. The van der Waals surface area contributed by atoms with Crippen LogP contribution in [-0.4, -0.2) is 37.2 Å². The van der Waals surface area contributed by atoms with E-state index in [0.717, 1.165) is 57.8 Å². The Morgan fingerprint density at radius 3 is 0.704 bits per heavy atom. The molecule has 0 N–H and O–H groups in total. The number of rotatable bonds is 60. The first-order valence-electron chi connectivity index (χ1n) is 32.2. The van der Waals surface area contributed by atoms with Crippen molar-refractivity contribution in [2.75, 3.05) is 13.2 Å². The first-order valence-corrected chi connectivity index (χ1v) is 32.2. The van der Waals surface area contributed by atoms with Crippen LogP contribution in [0.2, 0.25) is 0 Å². The maximum absolute atomic E-state index is 12.9. The third-order valence-corrected chi connectivity index (χ3v) is 14.8.